The summed E-state index contributed by atoms with van der Waals surface area (Å²) in [6.45, 7) is 1.98. The fourth-order valence-electron chi connectivity index (χ4n) is 3.41. The van der Waals surface area contributed by atoms with Gasteiger partial charge in [0.2, 0.25) is 0 Å². The molecule has 1 aliphatic carbocycles. The van der Waals surface area contributed by atoms with Crippen molar-refractivity contribution >= 4 is 22.9 Å². The first-order valence-corrected chi connectivity index (χ1v) is 7.67. The Kier molecular flexibility index (Phi) is 3.16. The minimum absolute atomic E-state index is 0.0479. The van der Waals surface area contributed by atoms with Crippen LogP contribution in [-0.2, 0) is 0 Å². The van der Waals surface area contributed by atoms with Crippen LogP contribution in [0.2, 0.25) is 0 Å². The van der Waals surface area contributed by atoms with Crippen molar-refractivity contribution in [2.75, 3.05) is 36.5 Å². The van der Waals surface area contributed by atoms with Crippen LogP contribution in [0.3, 0.4) is 0 Å². The van der Waals surface area contributed by atoms with Crippen LogP contribution in [0.25, 0.3) is 0 Å². The maximum atomic E-state index is 12.9. The van der Waals surface area contributed by atoms with Crippen molar-refractivity contribution < 1.29 is 14.7 Å². The lowest BCUT2D eigenvalue weighted by molar-refractivity contribution is 0.0979. The number of aliphatic hydroxyl groups excluding tert-OH is 1. The fraction of sp³-hybridized carbons (Fsp3) is 0.222. The number of anilines is 2. The molecule has 0 radical (unpaired) electrons. The van der Waals surface area contributed by atoms with Crippen LogP contribution in [0.5, 0.6) is 0 Å². The van der Waals surface area contributed by atoms with Gasteiger partial charge in [-0.1, -0.05) is 24.3 Å². The molecule has 0 saturated carbocycles. The van der Waals surface area contributed by atoms with Crippen LogP contribution in [0.4, 0.5) is 11.4 Å². The molecule has 2 aromatic rings. The van der Waals surface area contributed by atoms with E-state index in [0.717, 1.165) is 12.2 Å². The smallest absolute Gasteiger partial charge is 0.196 e. The predicted molar refractivity (Wildman–Crippen MR) is 87.5 cm³/mol. The highest BCUT2D eigenvalue weighted by Crippen LogP contribution is 2.39. The number of nitrogens with one attached hydrogen (secondary N) is 1. The number of fused-ring (bicyclic) bond motifs is 4. The van der Waals surface area contributed by atoms with Gasteiger partial charge in [0.05, 0.1) is 23.5 Å². The second kappa shape index (κ2) is 5.21. The second-order valence-electron chi connectivity index (χ2n) is 5.72. The summed E-state index contributed by atoms with van der Waals surface area (Å²) in [5.74, 6) is -0.232. The van der Waals surface area contributed by atoms with E-state index in [0.29, 0.717) is 41.0 Å². The summed E-state index contributed by atoms with van der Waals surface area (Å²) >= 11 is 0. The number of aliphatic hydroxyl groups is 1. The first-order valence-electron chi connectivity index (χ1n) is 7.67. The standard InChI is InChI=1S/C18H16N2O3/c21-10-9-20-8-7-19-16-14(20)6-5-13-15(16)18(23)12-4-2-1-3-11(12)17(13)22/h1-6,19,21H,7-10H2. The Hall–Kier alpha value is -2.66. The lowest BCUT2D eigenvalue weighted by Gasteiger charge is -2.34. The molecule has 2 N–H and O–H groups in total. The number of ketones is 2. The molecule has 4 rings (SSSR count). The highest BCUT2D eigenvalue weighted by atomic mass is 16.3. The Bertz CT molecular complexity index is 829. The van der Waals surface area contributed by atoms with Gasteiger partial charge in [0.25, 0.3) is 0 Å². The van der Waals surface area contributed by atoms with Gasteiger partial charge in [-0.05, 0) is 12.1 Å². The van der Waals surface area contributed by atoms with Crippen molar-refractivity contribution in [3.63, 3.8) is 0 Å². The number of hydrogen-bond acceptors (Lipinski definition) is 5. The van der Waals surface area contributed by atoms with E-state index < -0.39 is 0 Å². The van der Waals surface area contributed by atoms with E-state index in [9.17, 15) is 14.7 Å². The van der Waals surface area contributed by atoms with Gasteiger partial charge < -0.3 is 15.3 Å². The third kappa shape index (κ3) is 1.97. The Labute approximate surface area is 133 Å². The van der Waals surface area contributed by atoms with Gasteiger partial charge in [0.15, 0.2) is 11.6 Å². The fourth-order valence-corrected chi connectivity index (χ4v) is 3.41. The number of carbonyl (C=O) groups is 2. The Morgan fingerprint density at radius 3 is 2.48 bits per heavy atom. The minimum atomic E-state index is -0.120. The number of β-amino-alcohol motifs (C(OH)–C–C–N with tert-alkyl or cyclic N) is 1. The van der Waals surface area contributed by atoms with E-state index in [1.807, 2.05) is 11.0 Å². The van der Waals surface area contributed by atoms with E-state index >= 15 is 0 Å². The molecule has 0 atom stereocenters. The summed E-state index contributed by atoms with van der Waals surface area (Å²) in [6, 6.07) is 10.5. The van der Waals surface area contributed by atoms with Crippen molar-refractivity contribution in [3.8, 4) is 0 Å². The third-order valence-electron chi connectivity index (χ3n) is 4.47. The maximum absolute atomic E-state index is 12.9. The summed E-state index contributed by atoms with van der Waals surface area (Å²) in [5, 5.41) is 12.5. The molecule has 0 aromatic heterocycles. The SMILES string of the molecule is O=C1c2ccccc2C(=O)c2c1ccc1c2NCCN1CCO. The van der Waals surface area contributed by atoms with Crippen molar-refractivity contribution in [2.24, 2.45) is 0 Å². The normalized spacial score (nSPS) is 15.6. The van der Waals surface area contributed by atoms with Crippen LogP contribution in [0.1, 0.15) is 31.8 Å². The van der Waals surface area contributed by atoms with E-state index in [1.165, 1.54) is 0 Å². The molecular formula is C18H16N2O3. The quantitative estimate of drug-likeness (QED) is 0.754. The zero-order valence-corrected chi connectivity index (χ0v) is 12.5. The first kappa shape index (κ1) is 14.0. The van der Waals surface area contributed by atoms with Crippen LogP contribution in [0.15, 0.2) is 36.4 Å². The van der Waals surface area contributed by atoms with Crippen molar-refractivity contribution in [1.82, 2.24) is 0 Å². The van der Waals surface area contributed by atoms with Gasteiger partial charge in [-0.2, -0.15) is 0 Å². The first-order chi connectivity index (χ1) is 11.2. The summed E-state index contributed by atoms with van der Waals surface area (Å²) in [7, 11) is 0. The zero-order valence-electron chi connectivity index (χ0n) is 12.5. The average Bonchev–Trinajstić information content (AvgIpc) is 2.59. The molecule has 0 bridgehead atoms. The summed E-state index contributed by atoms with van der Waals surface area (Å²) in [4.78, 5) is 27.7. The zero-order chi connectivity index (χ0) is 16.0. The summed E-state index contributed by atoms with van der Waals surface area (Å²) in [5.41, 5.74) is 3.40. The van der Waals surface area contributed by atoms with Crippen molar-refractivity contribution in [3.05, 3.63) is 58.7 Å². The molecule has 23 heavy (non-hydrogen) atoms. The molecule has 0 amide bonds. The number of carbonyl (C=O) groups excluding carboxylic acids is 2. The molecule has 2 aliphatic rings. The number of benzene rings is 2. The van der Waals surface area contributed by atoms with Gasteiger partial charge in [0.1, 0.15) is 0 Å². The van der Waals surface area contributed by atoms with Gasteiger partial charge in [-0.25, -0.2) is 0 Å². The van der Waals surface area contributed by atoms with E-state index in [4.69, 9.17) is 0 Å². The Balaban J connectivity index is 1.92. The summed E-state index contributed by atoms with van der Waals surface area (Å²) < 4.78 is 0. The molecule has 5 heteroatoms. The van der Waals surface area contributed by atoms with Crippen molar-refractivity contribution in [2.45, 2.75) is 0 Å². The summed E-state index contributed by atoms with van der Waals surface area (Å²) in [6.07, 6.45) is 0. The molecule has 1 heterocycles. The number of nitrogens with zero attached hydrogens (tertiary/aromatic N) is 1. The number of rotatable bonds is 2. The topological polar surface area (TPSA) is 69.6 Å². The monoisotopic (exact) mass is 308 g/mol. The number of hydrogen-bond donors (Lipinski definition) is 2. The molecular weight excluding hydrogens is 292 g/mol. The van der Waals surface area contributed by atoms with Crippen LogP contribution in [0, 0.1) is 0 Å². The predicted octanol–water partition coefficient (Wildman–Crippen LogP) is 1.69. The van der Waals surface area contributed by atoms with Crippen LogP contribution < -0.4 is 10.2 Å². The van der Waals surface area contributed by atoms with Crippen molar-refractivity contribution in [1.29, 1.82) is 0 Å². The molecule has 0 spiro atoms. The van der Waals surface area contributed by atoms with Crippen LogP contribution in [-0.4, -0.2) is 42.9 Å². The van der Waals surface area contributed by atoms with E-state index in [-0.39, 0.29) is 18.2 Å². The Morgan fingerprint density at radius 1 is 1.00 bits per heavy atom. The minimum Gasteiger partial charge on any atom is -0.395 e. The lowest BCUT2D eigenvalue weighted by atomic mass is 9.82. The molecule has 1 aliphatic heterocycles. The highest BCUT2D eigenvalue weighted by molar-refractivity contribution is 6.30. The van der Waals surface area contributed by atoms with Gasteiger partial charge in [-0.3, -0.25) is 9.59 Å². The van der Waals surface area contributed by atoms with Gasteiger partial charge in [0, 0.05) is 36.3 Å². The lowest BCUT2D eigenvalue weighted by Crippen LogP contribution is -2.37. The molecule has 0 unspecified atom stereocenters. The Morgan fingerprint density at radius 2 is 1.74 bits per heavy atom. The molecule has 5 nitrogen and oxygen atoms in total. The third-order valence-corrected chi connectivity index (χ3v) is 4.47. The average molecular weight is 308 g/mol. The highest BCUT2D eigenvalue weighted by Gasteiger charge is 2.34. The van der Waals surface area contributed by atoms with E-state index in [2.05, 4.69) is 5.32 Å². The second-order valence-corrected chi connectivity index (χ2v) is 5.72. The molecule has 116 valence electrons. The molecule has 2 aromatic carbocycles. The maximum Gasteiger partial charge on any atom is 0.196 e. The van der Waals surface area contributed by atoms with Gasteiger partial charge in [-0.15, -0.1) is 0 Å². The molecule has 0 saturated heterocycles. The van der Waals surface area contributed by atoms with Gasteiger partial charge >= 0.3 is 0 Å². The van der Waals surface area contributed by atoms with E-state index in [1.54, 1.807) is 30.3 Å². The molecule has 0 fully saturated rings. The van der Waals surface area contributed by atoms with Crippen LogP contribution >= 0.6 is 0 Å². The largest absolute Gasteiger partial charge is 0.395 e.